The summed E-state index contributed by atoms with van der Waals surface area (Å²) in [7, 11) is 0. The average Bonchev–Trinajstić information content (AvgIpc) is 2.78. The molecule has 0 bridgehead atoms. The summed E-state index contributed by atoms with van der Waals surface area (Å²) in [6.07, 6.45) is -1.82. The van der Waals surface area contributed by atoms with Crippen LogP contribution in [0.5, 0.6) is 0 Å². The van der Waals surface area contributed by atoms with Gasteiger partial charge in [0.25, 0.3) is 0 Å². The molecule has 5 atom stereocenters. The van der Waals surface area contributed by atoms with Gasteiger partial charge in [0.1, 0.15) is 0 Å². The lowest BCUT2D eigenvalue weighted by molar-refractivity contribution is -0.221. The van der Waals surface area contributed by atoms with Crippen LogP contribution in [0.3, 0.4) is 0 Å². The third kappa shape index (κ3) is 3.30. The van der Waals surface area contributed by atoms with E-state index in [2.05, 4.69) is 20.8 Å². The van der Waals surface area contributed by atoms with E-state index in [9.17, 15) is 23.4 Å². The summed E-state index contributed by atoms with van der Waals surface area (Å²) in [5.41, 5.74) is 3.86. The summed E-state index contributed by atoms with van der Waals surface area (Å²) >= 11 is 0. The van der Waals surface area contributed by atoms with Crippen LogP contribution in [0, 0.1) is 23.2 Å². The molecule has 2 N–H and O–H groups in total. The molecule has 0 amide bonds. The Morgan fingerprint density at radius 2 is 1.92 bits per heavy atom. The molecule has 5 heteroatoms. The third-order valence-corrected chi connectivity index (χ3v) is 6.69. The molecule has 3 aliphatic rings. The third-order valence-electron chi connectivity index (χ3n) is 6.69. The topological polar surface area (TPSA) is 40.5 Å². The van der Waals surface area contributed by atoms with Gasteiger partial charge in [-0.3, -0.25) is 0 Å². The van der Waals surface area contributed by atoms with Crippen LogP contribution >= 0.6 is 0 Å². The number of hydrogen-bond acceptors (Lipinski definition) is 2. The van der Waals surface area contributed by atoms with E-state index in [0.717, 1.165) is 31.3 Å². The second-order valence-corrected chi connectivity index (χ2v) is 8.71. The zero-order valence-corrected chi connectivity index (χ0v) is 15.2. The largest absolute Gasteiger partial charge is 0.414 e. The molecule has 0 aromatic heterocycles. The lowest BCUT2D eigenvalue weighted by Gasteiger charge is -2.41. The van der Waals surface area contributed by atoms with Crippen LogP contribution in [0.4, 0.5) is 13.2 Å². The molecule has 2 nitrogen and oxygen atoms in total. The van der Waals surface area contributed by atoms with Crippen molar-refractivity contribution < 1.29 is 23.4 Å². The van der Waals surface area contributed by atoms with Gasteiger partial charge in [-0.1, -0.05) is 32.4 Å². The van der Waals surface area contributed by atoms with Crippen LogP contribution in [0.15, 0.2) is 22.8 Å². The molecule has 1 saturated carbocycles. The molecule has 3 aliphatic carbocycles. The van der Waals surface area contributed by atoms with Gasteiger partial charge >= 0.3 is 6.18 Å². The molecule has 0 aromatic rings. The number of halogens is 3. The van der Waals surface area contributed by atoms with Gasteiger partial charge < -0.3 is 10.2 Å². The Morgan fingerprint density at radius 3 is 2.52 bits per heavy atom. The number of hydrogen-bond donors (Lipinski definition) is 2. The van der Waals surface area contributed by atoms with E-state index in [0.29, 0.717) is 5.92 Å². The first-order valence-corrected chi connectivity index (χ1v) is 9.41. The second-order valence-electron chi connectivity index (χ2n) is 8.71. The molecule has 1 fully saturated rings. The molecule has 0 saturated heterocycles. The van der Waals surface area contributed by atoms with Crippen LogP contribution in [-0.2, 0) is 0 Å². The second kappa shape index (κ2) is 6.41. The minimum Gasteiger partial charge on any atom is -0.392 e. The van der Waals surface area contributed by atoms with Gasteiger partial charge in [0.05, 0.1) is 6.10 Å². The molecule has 25 heavy (non-hydrogen) atoms. The van der Waals surface area contributed by atoms with E-state index in [1.165, 1.54) is 11.1 Å². The van der Waals surface area contributed by atoms with Crippen molar-refractivity contribution in [2.24, 2.45) is 23.2 Å². The lowest BCUT2D eigenvalue weighted by atomic mass is 9.64. The minimum atomic E-state index is -4.64. The van der Waals surface area contributed by atoms with Crippen molar-refractivity contribution in [1.29, 1.82) is 0 Å². The van der Waals surface area contributed by atoms with E-state index in [4.69, 9.17) is 0 Å². The van der Waals surface area contributed by atoms with Crippen molar-refractivity contribution in [2.75, 3.05) is 0 Å². The van der Waals surface area contributed by atoms with E-state index in [-0.39, 0.29) is 24.2 Å². The smallest absolute Gasteiger partial charge is 0.392 e. The standard InChI is InChI=1S/C20H29F3O2/c1-11(2)13-6-8-19(3)9-7-14-15(17(13)19)5-4-12(10-16(14)24)18(25)20(21,22)23/h5,11-12,14,16,18,24-25H,4,6-10H2,1-3H3. The normalized spacial score (nSPS) is 37.5. The maximum absolute atomic E-state index is 12.9. The van der Waals surface area contributed by atoms with Crippen LogP contribution in [0.25, 0.3) is 0 Å². The van der Waals surface area contributed by atoms with Gasteiger partial charge in [0, 0.05) is 5.92 Å². The van der Waals surface area contributed by atoms with Gasteiger partial charge in [-0.2, -0.15) is 13.2 Å². The van der Waals surface area contributed by atoms with E-state index in [1.807, 2.05) is 6.08 Å². The molecule has 3 rings (SSSR count). The minimum absolute atomic E-state index is 0.00630. The van der Waals surface area contributed by atoms with Crippen molar-refractivity contribution in [1.82, 2.24) is 0 Å². The first-order chi connectivity index (χ1) is 11.5. The van der Waals surface area contributed by atoms with Gasteiger partial charge in [-0.15, -0.1) is 0 Å². The zero-order chi connectivity index (χ0) is 18.6. The van der Waals surface area contributed by atoms with E-state index in [1.54, 1.807) is 0 Å². The Balaban J connectivity index is 1.99. The van der Waals surface area contributed by atoms with E-state index >= 15 is 0 Å². The molecule has 142 valence electrons. The van der Waals surface area contributed by atoms with Crippen molar-refractivity contribution in [3.8, 4) is 0 Å². The predicted octanol–water partition coefficient (Wildman–Crippen LogP) is 4.77. The lowest BCUT2D eigenvalue weighted by Crippen LogP contribution is -2.38. The number of rotatable bonds is 2. The van der Waals surface area contributed by atoms with Crippen molar-refractivity contribution in [3.05, 3.63) is 22.8 Å². The first-order valence-electron chi connectivity index (χ1n) is 9.41. The van der Waals surface area contributed by atoms with Gasteiger partial charge in [0.2, 0.25) is 0 Å². The molecule has 5 unspecified atom stereocenters. The highest BCUT2D eigenvalue weighted by molar-refractivity contribution is 5.48. The predicted molar refractivity (Wildman–Crippen MR) is 90.8 cm³/mol. The van der Waals surface area contributed by atoms with Crippen LogP contribution in [0.1, 0.15) is 59.3 Å². The highest BCUT2D eigenvalue weighted by atomic mass is 19.4. The summed E-state index contributed by atoms with van der Waals surface area (Å²) in [6, 6.07) is 0. The molecular weight excluding hydrogens is 329 g/mol. The number of aliphatic hydroxyl groups excluding tert-OH is 2. The maximum atomic E-state index is 12.9. The van der Waals surface area contributed by atoms with Crippen LogP contribution in [-0.4, -0.2) is 28.6 Å². The van der Waals surface area contributed by atoms with Gasteiger partial charge in [-0.25, -0.2) is 0 Å². The molecule has 0 aliphatic heterocycles. The quantitative estimate of drug-likeness (QED) is 0.746. The molecular formula is C20H29F3O2. The van der Waals surface area contributed by atoms with Crippen molar-refractivity contribution in [2.45, 2.75) is 77.7 Å². The van der Waals surface area contributed by atoms with Gasteiger partial charge in [-0.05, 0) is 66.9 Å². The highest BCUT2D eigenvalue weighted by Gasteiger charge is 2.49. The highest BCUT2D eigenvalue weighted by Crippen LogP contribution is 2.58. The molecule has 0 aromatic carbocycles. The fourth-order valence-electron chi connectivity index (χ4n) is 5.25. The Kier molecular flexibility index (Phi) is 4.87. The summed E-state index contributed by atoms with van der Waals surface area (Å²) < 4.78 is 38.8. The molecule has 0 radical (unpaired) electrons. The Bertz CT molecular complexity index is 590. The first kappa shape index (κ1) is 19.0. The Morgan fingerprint density at radius 1 is 1.24 bits per heavy atom. The van der Waals surface area contributed by atoms with Crippen LogP contribution < -0.4 is 0 Å². The maximum Gasteiger partial charge on any atom is 0.414 e. The number of aliphatic hydroxyl groups is 2. The van der Waals surface area contributed by atoms with E-state index < -0.39 is 24.3 Å². The monoisotopic (exact) mass is 358 g/mol. The molecule has 0 spiro atoms. The number of alkyl halides is 3. The Labute approximate surface area is 147 Å². The number of allylic oxidation sites excluding steroid dienone is 3. The summed E-state index contributed by atoms with van der Waals surface area (Å²) in [4.78, 5) is 0. The summed E-state index contributed by atoms with van der Waals surface area (Å²) in [6.45, 7) is 6.59. The fraction of sp³-hybridized carbons (Fsp3) is 0.800. The average molecular weight is 358 g/mol. The van der Waals surface area contributed by atoms with Gasteiger partial charge in [0.15, 0.2) is 6.10 Å². The summed E-state index contributed by atoms with van der Waals surface area (Å²) in [5.74, 6) is -0.655. The van der Waals surface area contributed by atoms with Crippen molar-refractivity contribution >= 4 is 0 Å². The summed E-state index contributed by atoms with van der Waals surface area (Å²) in [5, 5.41) is 20.3. The fourth-order valence-corrected chi connectivity index (χ4v) is 5.25. The zero-order valence-electron chi connectivity index (χ0n) is 15.2. The van der Waals surface area contributed by atoms with Crippen molar-refractivity contribution in [3.63, 3.8) is 0 Å². The molecule has 0 heterocycles. The Hall–Kier alpha value is -0.810. The number of fused-ring (bicyclic) bond motifs is 3. The SMILES string of the molecule is CC(C)C1=C2C3=CCC(C(O)C(F)(F)F)CC(O)C3CCC2(C)CC1. The van der Waals surface area contributed by atoms with Crippen LogP contribution in [0.2, 0.25) is 0 Å².